The molecule has 108 valence electrons. The third kappa shape index (κ3) is 3.11. The number of rotatable bonds is 4. The molecule has 0 aliphatic rings. The fourth-order valence-corrected chi connectivity index (χ4v) is 1.95. The number of aldehydes is 1. The highest BCUT2D eigenvalue weighted by Gasteiger charge is 2.11. The van der Waals surface area contributed by atoms with E-state index in [1.165, 1.54) is 19.2 Å². The van der Waals surface area contributed by atoms with E-state index in [1.807, 2.05) is 0 Å². The molecule has 0 fully saturated rings. The zero-order chi connectivity index (χ0) is 15.4. The molecule has 6 heteroatoms. The van der Waals surface area contributed by atoms with Crippen molar-refractivity contribution >= 4 is 18.1 Å². The lowest BCUT2D eigenvalue weighted by atomic mass is 9.99. The summed E-state index contributed by atoms with van der Waals surface area (Å²) in [5.74, 6) is 0.135. The standard InChI is InChI=1S/C15H13NO5/c1-21-14-6-10(8-17)12(7-13(14)18)9-2-4-11(5-3-9)16-15(19)20/h2-8,16,18H,1H3,(H,19,20). The summed E-state index contributed by atoms with van der Waals surface area (Å²) in [7, 11) is 1.40. The van der Waals surface area contributed by atoms with E-state index in [0.717, 1.165) is 0 Å². The lowest BCUT2D eigenvalue weighted by molar-refractivity contribution is 0.112. The van der Waals surface area contributed by atoms with Crippen molar-refractivity contribution in [2.75, 3.05) is 12.4 Å². The number of carbonyl (C=O) groups is 2. The Balaban J connectivity index is 2.43. The Hall–Kier alpha value is -3.02. The number of ether oxygens (including phenoxy) is 1. The molecule has 0 spiro atoms. The van der Waals surface area contributed by atoms with Crippen LogP contribution in [-0.4, -0.2) is 29.7 Å². The predicted molar refractivity (Wildman–Crippen MR) is 77.1 cm³/mol. The molecule has 0 saturated heterocycles. The maximum Gasteiger partial charge on any atom is 0.409 e. The van der Waals surface area contributed by atoms with E-state index in [4.69, 9.17) is 9.84 Å². The Bertz CT molecular complexity index is 679. The van der Waals surface area contributed by atoms with E-state index < -0.39 is 6.09 Å². The van der Waals surface area contributed by atoms with Crippen LogP contribution in [0.3, 0.4) is 0 Å². The molecule has 0 atom stereocenters. The Morgan fingerprint density at radius 1 is 1.24 bits per heavy atom. The molecule has 0 heterocycles. The molecule has 21 heavy (non-hydrogen) atoms. The first-order chi connectivity index (χ1) is 10.0. The van der Waals surface area contributed by atoms with E-state index in [-0.39, 0.29) is 11.5 Å². The molecule has 0 unspecified atom stereocenters. The summed E-state index contributed by atoms with van der Waals surface area (Å²) in [4.78, 5) is 21.7. The monoisotopic (exact) mass is 287 g/mol. The van der Waals surface area contributed by atoms with E-state index in [9.17, 15) is 14.7 Å². The van der Waals surface area contributed by atoms with Crippen molar-refractivity contribution in [3.8, 4) is 22.6 Å². The van der Waals surface area contributed by atoms with Crippen LogP contribution >= 0.6 is 0 Å². The van der Waals surface area contributed by atoms with Crippen LogP contribution in [0.1, 0.15) is 10.4 Å². The zero-order valence-corrected chi connectivity index (χ0v) is 11.2. The summed E-state index contributed by atoms with van der Waals surface area (Å²) in [5.41, 5.74) is 1.98. The molecule has 2 rings (SSSR count). The first-order valence-electron chi connectivity index (χ1n) is 6.01. The fraction of sp³-hybridized carbons (Fsp3) is 0.0667. The van der Waals surface area contributed by atoms with Gasteiger partial charge in [-0.3, -0.25) is 10.1 Å². The number of benzene rings is 2. The lowest BCUT2D eigenvalue weighted by Gasteiger charge is -2.10. The smallest absolute Gasteiger partial charge is 0.409 e. The van der Waals surface area contributed by atoms with Crippen molar-refractivity contribution in [3.63, 3.8) is 0 Å². The Labute approximate surface area is 120 Å². The normalized spacial score (nSPS) is 9.95. The van der Waals surface area contributed by atoms with Gasteiger partial charge in [-0.15, -0.1) is 0 Å². The first kappa shape index (κ1) is 14.4. The number of carbonyl (C=O) groups excluding carboxylic acids is 1. The number of methoxy groups -OCH3 is 1. The third-order valence-corrected chi connectivity index (χ3v) is 2.93. The van der Waals surface area contributed by atoms with Crippen molar-refractivity contribution < 1.29 is 24.5 Å². The van der Waals surface area contributed by atoms with E-state index in [2.05, 4.69) is 5.32 Å². The summed E-state index contributed by atoms with van der Waals surface area (Å²) in [5, 5.41) is 20.7. The molecule has 0 aliphatic heterocycles. The number of hydrogen-bond donors (Lipinski definition) is 3. The molecule has 3 N–H and O–H groups in total. The lowest BCUT2D eigenvalue weighted by Crippen LogP contribution is -2.06. The van der Waals surface area contributed by atoms with Gasteiger partial charge in [0.25, 0.3) is 0 Å². The molecule has 2 aromatic carbocycles. The summed E-state index contributed by atoms with van der Waals surface area (Å²) < 4.78 is 4.96. The largest absolute Gasteiger partial charge is 0.504 e. The average Bonchev–Trinajstić information content (AvgIpc) is 2.47. The van der Waals surface area contributed by atoms with Crippen molar-refractivity contribution in [3.05, 3.63) is 42.0 Å². The molecule has 1 amide bonds. The minimum absolute atomic E-state index is 0.0779. The maximum atomic E-state index is 11.2. The van der Waals surface area contributed by atoms with Crippen LogP contribution in [0.2, 0.25) is 0 Å². The molecule has 6 nitrogen and oxygen atoms in total. The SMILES string of the molecule is COc1cc(C=O)c(-c2ccc(NC(=O)O)cc2)cc1O. The molecule has 0 aromatic heterocycles. The van der Waals surface area contributed by atoms with Gasteiger partial charge in [0.1, 0.15) is 0 Å². The highest BCUT2D eigenvalue weighted by atomic mass is 16.5. The van der Waals surface area contributed by atoms with Crippen LogP contribution in [0, 0.1) is 0 Å². The van der Waals surface area contributed by atoms with Crippen molar-refractivity contribution in [2.45, 2.75) is 0 Å². The van der Waals surface area contributed by atoms with E-state index in [1.54, 1.807) is 24.3 Å². The van der Waals surface area contributed by atoms with E-state index in [0.29, 0.717) is 28.7 Å². The van der Waals surface area contributed by atoms with Gasteiger partial charge in [0.05, 0.1) is 7.11 Å². The van der Waals surface area contributed by atoms with Crippen LogP contribution < -0.4 is 10.1 Å². The van der Waals surface area contributed by atoms with Crippen LogP contribution in [0.25, 0.3) is 11.1 Å². The molecule has 0 radical (unpaired) electrons. The van der Waals surface area contributed by atoms with Crippen molar-refractivity contribution in [2.24, 2.45) is 0 Å². The van der Waals surface area contributed by atoms with Crippen LogP contribution in [0.15, 0.2) is 36.4 Å². The molecular formula is C15H13NO5. The summed E-state index contributed by atoms with van der Waals surface area (Å²) in [6.07, 6.45) is -0.487. The second-order valence-corrected chi connectivity index (χ2v) is 4.24. The van der Waals surface area contributed by atoms with Gasteiger partial charge >= 0.3 is 6.09 Å². The third-order valence-electron chi connectivity index (χ3n) is 2.93. The van der Waals surface area contributed by atoms with Gasteiger partial charge in [-0.1, -0.05) is 12.1 Å². The number of hydrogen-bond acceptors (Lipinski definition) is 4. The topological polar surface area (TPSA) is 95.9 Å². The summed E-state index contributed by atoms with van der Waals surface area (Å²) in [6, 6.07) is 9.32. The number of nitrogens with one attached hydrogen (secondary N) is 1. The first-order valence-corrected chi connectivity index (χ1v) is 6.01. The van der Waals surface area contributed by atoms with Gasteiger partial charge in [0.2, 0.25) is 0 Å². The Kier molecular flexibility index (Phi) is 4.08. The molecule has 0 saturated carbocycles. The average molecular weight is 287 g/mol. The summed E-state index contributed by atoms with van der Waals surface area (Å²) >= 11 is 0. The second-order valence-electron chi connectivity index (χ2n) is 4.24. The van der Waals surface area contributed by atoms with Gasteiger partial charge in [-0.25, -0.2) is 4.79 Å². The minimum atomic E-state index is -1.15. The zero-order valence-electron chi connectivity index (χ0n) is 11.2. The number of amides is 1. The molecular weight excluding hydrogens is 274 g/mol. The number of aromatic hydroxyl groups is 1. The van der Waals surface area contributed by atoms with Crippen molar-refractivity contribution in [1.29, 1.82) is 0 Å². The van der Waals surface area contributed by atoms with Gasteiger partial charge < -0.3 is 14.9 Å². The maximum absolute atomic E-state index is 11.2. The van der Waals surface area contributed by atoms with Crippen molar-refractivity contribution in [1.82, 2.24) is 0 Å². The van der Waals surface area contributed by atoms with Crippen LogP contribution in [0.5, 0.6) is 11.5 Å². The molecule has 2 aromatic rings. The molecule has 0 bridgehead atoms. The van der Waals surface area contributed by atoms with Gasteiger partial charge in [-0.05, 0) is 35.4 Å². The van der Waals surface area contributed by atoms with Gasteiger partial charge in [0, 0.05) is 11.3 Å². The Morgan fingerprint density at radius 2 is 1.90 bits per heavy atom. The number of phenols is 1. The predicted octanol–water partition coefficient (Wildman–Crippen LogP) is 2.97. The summed E-state index contributed by atoms with van der Waals surface area (Å²) in [6.45, 7) is 0. The van der Waals surface area contributed by atoms with Crippen LogP contribution in [0.4, 0.5) is 10.5 Å². The fourth-order valence-electron chi connectivity index (χ4n) is 1.95. The highest BCUT2D eigenvalue weighted by Crippen LogP contribution is 2.34. The van der Waals surface area contributed by atoms with Crippen LogP contribution in [-0.2, 0) is 0 Å². The van der Waals surface area contributed by atoms with Gasteiger partial charge in [0.15, 0.2) is 17.8 Å². The second kappa shape index (κ2) is 5.96. The number of anilines is 1. The van der Waals surface area contributed by atoms with Gasteiger partial charge in [-0.2, -0.15) is 0 Å². The highest BCUT2D eigenvalue weighted by molar-refractivity contribution is 5.90. The number of carboxylic acid groups (broad SMARTS) is 1. The number of phenolic OH excluding ortho intramolecular Hbond substituents is 1. The van der Waals surface area contributed by atoms with E-state index >= 15 is 0 Å². The Morgan fingerprint density at radius 3 is 2.43 bits per heavy atom. The quantitative estimate of drug-likeness (QED) is 0.751. The minimum Gasteiger partial charge on any atom is -0.504 e. The molecule has 0 aliphatic carbocycles.